The van der Waals surface area contributed by atoms with Gasteiger partial charge >= 0.3 is 5.97 Å². The van der Waals surface area contributed by atoms with E-state index in [4.69, 9.17) is 14.5 Å². The fourth-order valence-corrected chi connectivity index (χ4v) is 7.29. The Labute approximate surface area is 276 Å². The maximum Gasteiger partial charge on any atom is 0.338 e. The maximum atomic E-state index is 14.5. The Bertz CT molecular complexity index is 2330. The standard InChI is InChI=1S/C39H33N3O4S/c1-4-46-38(44)34-35(27-16-9-6-10-17-27)40-39-42(36(34)28-18-13-19-29(22-28)45-3)37(43)33(47-39)23-31-25(2)41(24-26-14-7-5-8-15-26)32-21-12-11-20-30(31)32/h5-23,36H,4,24H2,1-3H3/b33-23-/t36-/m0/s1. The van der Waals surface area contributed by atoms with E-state index in [1.165, 1.54) is 16.9 Å². The molecule has 8 heteroatoms. The molecule has 3 heterocycles. The average molecular weight is 640 g/mol. The molecule has 0 amide bonds. The van der Waals surface area contributed by atoms with E-state index in [2.05, 4.69) is 35.8 Å². The van der Waals surface area contributed by atoms with Gasteiger partial charge < -0.3 is 14.0 Å². The molecule has 6 aromatic rings. The highest BCUT2D eigenvalue weighted by molar-refractivity contribution is 7.07. The zero-order valence-corrected chi connectivity index (χ0v) is 27.2. The van der Waals surface area contributed by atoms with Crippen molar-refractivity contribution in [1.29, 1.82) is 0 Å². The minimum absolute atomic E-state index is 0.186. The van der Waals surface area contributed by atoms with E-state index < -0.39 is 12.0 Å². The van der Waals surface area contributed by atoms with E-state index in [1.54, 1.807) is 18.6 Å². The lowest BCUT2D eigenvalue weighted by atomic mass is 9.93. The number of ether oxygens (including phenoxy) is 2. The van der Waals surface area contributed by atoms with Gasteiger partial charge in [0.2, 0.25) is 0 Å². The number of benzene rings is 4. The summed E-state index contributed by atoms with van der Waals surface area (Å²) in [5.74, 6) is 0.102. The summed E-state index contributed by atoms with van der Waals surface area (Å²) in [5.41, 5.74) is 6.38. The molecule has 0 spiro atoms. The normalized spacial score (nSPS) is 14.6. The molecule has 47 heavy (non-hydrogen) atoms. The number of methoxy groups -OCH3 is 1. The number of aromatic nitrogens is 2. The predicted octanol–water partition coefficient (Wildman–Crippen LogP) is 6.26. The van der Waals surface area contributed by atoms with Gasteiger partial charge in [-0.1, -0.05) is 102 Å². The molecular weight excluding hydrogens is 607 g/mol. The molecule has 1 aliphatic rings. The minimum Gasteiger partial charge on any atom is -0.497 e. The fraction of sp³-hybridized carbons (Fsp3) is 0.154. The van der Waals surface area contributed by atoms with Crippen LogP contribution in [0.2, 0.25) is 0 Å². The Hall–Kier alpha value is -5.47. The summed E-state index contributed by atoms with van der Waals surface area (Å²) in [6, 6.07) is 34.9. The number of esters is 1. The third kappa shape index (κ3) is 5.51. The topological polar surface area (TPSA) is 74.8 Å². The second-order valence-corrected chi connectivity index (χ2v) is 12.3. The van der Waals surface area contributed by atoms with Crippen molar-refractivity contribution in [2.75, 3.05) is 13.7 Å². The molecule has 234 valence electrons. The molecule has 2 aromatic heterocycles. The van der Waals surface area contributed by atoms with Crippen LogP contribution in [-0.2, 0) is 16.1 Å². The summed E-state index contributed by atoms with van der Waals surface area (Å²) < 4.78 is 15.6. The van der Waals surface area contributed by atoms with Crippen LogP contribution in [-0.4, -0.2) is 28.8 Å². The summed E-state index contributed by atoms with van der Waals surface area (Å²) in [6.45, 7) is 4.76. The lowest BCUT2D eigenvalue weighted by Crippen LogP contribution is -2.40. The number of para-hydroxylation sites is 1. The van der Waals surface area contributed by atoms with Gasteiger partial charge in [-0.25, -0.2) is 9.79 Å². The molecule has 1 atom stereocenters. The Balaban J connectivity index is 1.49. The summed E-state index contributed by atoms with van der Waals surface area (Å²) in [4.78, 5) is 33.8. The highest BCUT2D eigenvalue weighted by Crippen LogP contribution is 2.36. The molecule has 0 N–H and O–H groups in total. The number of carbonyl (C=O) groups is 1. The molecule has 7 nitrogen and oxygen atoms in total. The molecule has 0 fully saturated rings. The minimum atomic E-state index is -0.779. The van der Waals surface area contributed by atoms with Gasteiger partial charge in [0.15, 0.2) is 4.80 Å². The molecule has 0 saturated carbocycles. The van der Waals surface area contributed by atoms with Crippen molar-refractivity contribution >= 4 is 40.0 Å². The first kappa shape index (κ1) is 30.2. The van der Waals surface area contributed by atoms with E-state index in [-0.39, 0.29) is 12.2 Å². The van der Waals surface area contributed by atoms with Crippen molar-refractivity contribution in [2.45, 2.75) is 26.4 Å². The van der Waals surface area contributed by atoms with Crippen LogP contribution in [0.4, 0.5) is 0 Å². The Kier molecular flexibility index (Phi) is 8.18. The van der Waals surface area contributed by atoms with Gasteiger partial charge in [0, 0.05) is 34.3 Å². The quantitative estimate of drug-likeness (QED) is 0.185. The molecule has 7 rings (SSSR count). The molecule has 1 aliphatic heterocycles. The van der Waals surface area contributed by atoms with E-state index in [1.807, 2.05) is 91.0 Å². The highest BCUT2D eigenvalue weighted by atomic mass is 32.1. The molecule has 0 bridgehead atoms. The van der Waals surface area contributed by atoms with Crippen LogP contribution in [0.25, 0.3) is 22.7 Å². The number of rotatable bonds is 8. The van der Waals surface area contributed by atoms with Crippen molar-refractivity contribution < 1.29 is 14.3 Å². The Morgan fingerprint density at radius 1 is 0.936 bits per heavy atom. The number of thiazole rings is 1. The number of hydrogen-bond acceptors (Lipinski definition) is 6. The van der Waals surface area contributed by atoms with Gasteiger partial charge in [-0.3, -0.25) is 9.36 Å². The van der Waals surface area contributed by atoms with Crippen LogP contribution < -0.4 is 19.6 Å². The number of hydrogen-bond donors (Lipinski definition) is 0. The molecule has 0 unspecified atom stereocenters. The molecule has 0 saturated heterocycles. The van der Waals surface area contributed by atoms with Crippen LogP contribution >= 0.6 is 11.3 Å². The van der Waals surface area contributed by atoms with Crippen LogP contribution in [0.1, 0.15) is 40.9 Å². The Morgan fingerprint density at radius 2 is 1.66 bits per heavy atom. The van der Waals surface area contributed by atoms with Crippen molar-refractivity contribution in [3.05, 3.63) is 162 Å². The predicted molar refractivity (Wildman–Crippen MR) is 186 cm³/mol. The zero-order valence-electron chi connectivity index (χ0n) is 26.3. The van der Waals surface area contributed by atoms with Gasteiger partial charge in [0.05, 0.1) is 35.6 Å². The summed E-state index contributed by atoms with van der Waals surface area (Å²) in [7, 11) is 1.60. The van der Waals surface area contributed by atoms with Gasteiger partial charge in [-0.15, -0.1) is 0 Å². The van der Waals surface area contributed by atoms with E-state index in [9.17, 15) is 9.59 Å². The first-order valence-corrected chi connectivity index (χ1v) is 16.3. The number of nitrogens with zero attached hydrogens (tertiary/aromatic N) is 3. The number of carbonyl (C=O) groups excluding carboxylic acids is 1. The second-order valence-electron chi connectivity index (χ2n) is 11.3. The molecular formula is C39H33N3O4S. The largest absolute Gasteiger partial charge is 0.497 e. The van der Waals surface area contributed by atoms with Gasteiger partial charge in [-0.2, -0.15) is 0 Å². The highest BCUT2D eigenvalue weighted by Gasteiger charge is 2.35. The first-order valence-electron chi connectivity index (χ1n) is 15.5. The van der Waals surface area contributed by atoms with Crippen LogP contribution in [0.15, 0.2) is 125 Å². The first-order chi connectivity index (χ1) is 23.0. The smallest absolute Gasteiger partial charge is 0.338 e. The average Bonchev–Trinajstić information content (AvgIpc) is 3.56. The zero-order chi connectivity index (χ0) is 32.5. The van der Waals surface area contributed by atoms with E-state index in [0.717, 1.165) is 33.3 Å². The summed E-state index contributed by atoms with van der Waals surface area (Å²) in [5, 5.41) is 1.06. The van der Waals surface area contributed by atoms with Crippen LogP contribution in [0.3, 0.4) is 0 Å². The molecule has 4 aromatic carbocycles. The van der Waals surface area contributed by atoms with Crippen molar-refractivity contribution in [3.63, 3.8) is 0 Å². The van der Waals surface area contributed by atoms with E-state index in [0.29, 0.717) is 32.9 Å². The van der Waals surface area contributed by atoms with Crippen LogP contribution in [0, 0.1) is 6.92 Å². The fourth-order valence-electron chi connectivity index (χ4n) is 6.31. The van der Waals surface area contributed by atoms with Gasteiger partial charge in [0.1, 0.15) is 5.75 Å². The summed E-state index contributed by atoms with van der Waals surface area (Å²) >= 11 is 1.32. The second kappa shape index (κ2) is 12.7. The maximum absolute atomic E-state index is 14.5. The third-order valence-electron chi connectivity index (χ3n) is 8.52. The lowest BCUT2D eigenvalue weighted by Gasteiger charge is -2.26. The van der Waals surface area contributed by atoms with E-state index >= 15 is 0 Å². The van der Waals surface area contributed by atoms with Gasteiger partial charge in [-0.05, 0) is 49.2 Å². The van der Waals surface area contributed by atoms with Crippen molar-refractivity contribution in [2.24, 2.45) is 4.99 Å². The molecule has 0 radical (unpaired) electrons. The molecule has 0 aliphatic carbocycles. The Morgan fingerprint density at radius 3 is 2.40 bits per heavy atom. The van der Waals surface area contributed by atoms with Crippen molar-refractivity contribution in [1.82, 2.24) is 9.13 Å². The van der Waals surface area contributed by atoms with Crippen LogP contribution in [0.5, 0.6) is 5.75 Å². The van der Waals surface area contributed by atoms with Crippen molar-refractivity contribution in [3.8, 4) is 5.75 Å². The SMILES string of the molecule is CCOC(=O)C1=C(c2ccccc2)N=c2s/c(=C\c3c(C)n(Cc4ccccc4)c4ccccc34)c(=O)n2[C@H]1c1cccc(OC)c1. The third-order valence-corrected chi connectivity index (χ3v) is 9.50. The number of fused-ring (bicyclic) bond motifs is 2. The summed E-state index contributed by atoms with van der Waals surface area (Å²) in [6.07, 6.45) is 1.97. The monoisotopic (exact) mass is 639 g/mol. The van der Waals surface area contributed by atoms with Gasteiger partial charge in [0.25, 0.3) is 5.56 Å². The lowest BCUT2D eigenvalue weighted by molar-refractivity contribution is -0.138.